The highest BCUT2D eigenvalue weighted by molar-refractivity contribution is 5.98. The molecule has 1 fully saturated rings. The number of amides is 1. The van der Waals surface area contributed by atoms with E-state index in [2.05, 4.69) is 24.1 Å². The van der Waals surface area contributed by atoms with E-state index in [4.69, 9.17) is 5.73 Å². The number of aromatic nitrogens is 2. The molecular formula is C15H27N5O. The van der Waals surface area contributed by atoms with E-state index in [1.54, 1.807) is 4.68 Å². The average Bonchev–Trinajstić information content (AvgIpc) is 2.73. The molecule has 1 aliphatic heterocycles. The Morgan fingerprint density at radius 2 is 2.00 bits per heavy atom. The molecule has 1 aliphatic rings. The van der Waals surface area contributed by atoms with Gasteiger partial charge in [0, 0.05) is 26.2 Å². The zero-order valence-electron chi connectivity index (χ0n) is 13.6. The molecule has 0 radical (unpaired) electrons. The summed E-state index contributed by atoms with van der Waals surface area (Å²) in [4.78, 5) is 16.9. The molecule has 6 nitrogen and oxygen atoms in total. The molecule has 2 heterocycles. The summed E-state index contributed by atoms with van der Waals surface area (Å²) in [6, 6.07) is 0. The molecule has 118 valence electrons. The number of nitrogen functional groups attached to an aromatic ring is 1. The smallest absolute Gasteiger partial charge is 0.274 e. The third kappa shape index (κ3) is 3.37. The number of hydrogen-bond acceptors (Lipinski definition) is 4. The number of hydrogen-bond donors (Lipinski definition) is 1. The van der Waals surface area contributed by atoms with Crippen molar-refractivity contribution in [3.05, 3.63) is 11.4 Å². The normalized spacial score (nSPS) is 16.7. The molecule has 0 bridgehead atoms. The van der Waals surface area contributed by atoms with Crippen molar-refractivity contribution in [2.24, 2.45) is 5.92 Å². The molecular weight excluding hydrogens is 266 g/mol. The van der Waals surface area contributed by atoms with Crippen LogP contribution in [-0.2, 0) is 6.54 Å². The molecule has 21 heavy (non-hydrogen) atoms. The van der Waals surface area contributed by atoms with Crippen LogP contribution in [0.15, 0.2) is 0 Å². The van der Waals surface area contributed by atoms with Crippen LogP contribution in [0.2, 0.25) is 0 Å². The Morgan fingerprint density at radius 1 is 1.38 bits per heavy atom. The number of carbonyl (C=O) groups is 1. The van der Waals surface area contributed by atoms with Crippen LogP contribution in [0.3, 0.4) is 0 Å². The maximum Gasteiger partial charge on any atom is 0.274 e. The van der Waals surface area contributed by atoms with Gasteiger partial charge in [-0.2, -0.15) is 5.10 Å². The van der Waals surface area contributed by atoms with Crippen LogP contribution >= 0.6 is 0 Å². The predicted octanol–water partition coefficient (Wildman–Crippen LogP) is 1.21. The Morgan fingerprint density at radius 3 is 2.52 bits per heavy atom. The topological polar surface area (TPSA) is 67.4 Å². The summed E-state index contributed by atoms with van der Waals surface area (Å²) < 4.78 is 1.72. The Balaban J connectivity index is 2.06. The van der Waals surface area contributed by atoms with E-state index < -0.39 is 0 Å². The fraction of sp³-hybridized carbons (Fsp3) is 0.733. The number of carbonyl (C=O) groups excluding carboxylic acids is 1. The standard InChI is InChI=1S/C15H27N5O/c1-5-20-14(13(16)11(2)17-20)15(21)19-8-6-12(7-9-19)10-18(3)4/h12H,5-10,16H2,1-4H3. The van der Waals surface area contributed by atoms with Gasteiger partial charge in [0.2, 0.25) is 0 Å². The van der Waals surface area contributed by atoms with Gasteiger partial charge in [-0.05, 0) is 46.7 Å². The first-order chi connectivity index (χ1) is 9.93. The van der Waals surface area contributed by atoms with Gasteiger partial charge in [0.15, 0.2) is 0 Å². The molecule has 2 rings (SSSR count). The van der Waals surface area contributed by atoms with Gasteiger partial charge in [-0.25, -0.2) is 0 Å². The zero-order valence-corrected chi connectivity index (χ0v) is 13.6. The molecule has 1 aromatic heterocycles. The van der Waals surface area contributed by atoms with Gasteiger partial charge >= 0.3 is 0 Å². The lowest BCUT2D eigenvalue weighted by Gasteiger charge is -2.33. The van der Waals surface area contributed by atoms with Crippen molar-refractivity contribution in [2.45, 2.75) is 33.2 Å². The van der Waals surface area contributed by atoms with Gasteiger partial charge < -0.3 is 15.5 Å². The van der Waals surface area contributed by atoms with E-state index >= 15 is 0 Å². The highest BCUT2D eigenvalue weighted by atomic mass is 16.2. The van der Waals surface area contributed by atoms with E-state index in [-0.39, 0.29) is 5.91 Å². The van der Waals surface area contributed by atoms with Gasteiger partial charge in [0.05, 0.1) is 11.4 Å². The van der Waals surface area contributed by atoms with Gasteiger partial charge in [-0.1, -0.05) is 0 Å². The van der Waals surface area contributed by atoms with Crippen LogP contribution in [-0.4, -0.2) is 59.2 Å². The van der Waals surface area contributed by atoms with Crippen LogP contribution in [0.5, 0.6) is 0 Å². The van der Waals surface area contributed by atoms with Gasteiger partial charge in [0.25, 0.3) is 5.91 Å². The summed E-state index contributed by atoms with van der Waals surface area (Å²) in [7, 11) is 4.20. The average molecular weight is 293 g/mol. The molecule has 1 amide bonds. The second-order valence-corrected chi connectivity index (χ2v) is 6.16. The fourth-order valence-electron chi connectivity index (χ4n) is 3.03. The number of aryl methyl sites for hydroxylation is 2. The summed E-state index contributed by atoms with van der Waals surface area (Å²) >= 11 is 0. The molecule has 0 saturated carbocycles. The zero-order chi connectivity index (χ0) is 15.6. The predicted molar refractivity (Wildman–Crippen MR) is 84.2 cm³/mol. The third-order valence-electron chi connectivity index (χ3n) is 4.20. The highest BCUT2D eigenvalue weighted by Gasteiger charge is 2.28. The van der Waals surface area contributed by atoms with Crippen LogP contribution in [0.1, 0.15) is 35.9 Å². The van der Waals surface area contributed by atoms with E-state index in [1.165, 1.54) is 0 Å². The molecule has 0 spiro atoms. The third-order valence-corrected chi connectivity index (χ3v) is 4.20. The largest absolute Gasteiger partial charge is 0.395 e. The lowest BCUT2D eigenvalue weighted by molar-refractivity contribution is 0.0666. The molecule has 2 N–H and O–H groups in total. The van der Waals surface area contributed by atoms with Crippen LogP contribution < -0.4 is 5.73 Å². The molecule has 1 saturated heterocycles. The summed E-state index contributed by atoms with van der Waals surface area (Å²) in [5.74, 6) is 0.706. The van der Waals surface area contributed by atoms with E-state index in [0.717, 1.165) is 38.2 Å². The second-order valence-electron chi connectivity index (χ2n) is 6.16. The molecule has 0 aromatic carbocycles. The molecule has 6 heteroatoms. The van der Waals surface area contributed by atoms with Crippen molar-refractivity contribution in [1.82, 2.24) is 19.6 Å². The second kappa shape index (κ2) is 6.47. The summed E-state index contributed by atoms with van der Waals surface area (Å²) in [5, 5.41) is 4.34. The first kappa shape index (κ1) is 15.8. The Kier molecular flexibility index (Phi) is 4.88. The molecule has 1 aromatic rings. The number of likely N-dealkylation sites (tertiary alicyclic amines) is 1. The van der Waals surface area contributed by atoms with Crippen molar-refractivity contribution in [2.75, 3.05) is 39.5 Å². The van der Waals surface area contributed by atoms with Crippen molar-refractivity contribution < 1.29 is 4.79 Å². The first-order valence-corrected chi connectivity index (χ1v) is 7.70. The maximum absolute atomic E-state index is 12.7. The van der Waals surface area contributed by atoms with E-state index in [1.807, 2.05) is 18.7 Å². The lowest BCUT2D eigenvalue weighted by Crippen LogP contribution is -2.41. The minimum Gasteiger partial charge on any atom is -0.395 e. The quantitative estimate of drug-likeness (QED) is 0.906. The minimum atomic E-state index is 0.0262. The molecule has 0 aliphatic carbocycles. The molecule has 0 unspecified atom stereocenters. The van der Waals surface area contributed by atoms with Crippen LogP contribution in [0, 0.1) is 12.8 Å². The summed E-state index contributed by atoms with van der Waals surface area (Å²) in [6.45, 7) is 7.20. The van der Waals surface area contributed by atoms with Crippen LogP contribution in [0.25, 0.3) is 0 Å². The lowest BCUT2D eigenvalue weighted by atomic mass is 9.96. The Bertz CT molecular complexity index is 500. The maximum atomic E-state index is 12.7. The minimum absolute atomic E-state index is 0.0262. The SMILES string of the molecule is CCn1nc(C)c(N)c1C(=O)N1CCC(CN(C)C)CC1. The van der Waals surface area contributed by atoms with Crippen molar-refractivity contribution >= 4 is 11.6 Å². The first-order valence-electron chi connectivity index (χ1n) is 7.70. The highest BCUT2D eigenvalue weighted by Crippen LogP contribution is 2.23. The number of piperidine rings is 1. The monoisotopic (exact) mass is 293 g/mol. The summed E-state index contributed by atoms with van der Waals surface area (Å²) in [5.41, 5.74) is 7.86. The fourth-order valence-corrected chi connectivity index (χ4v) is 3.03. The number of rotatable bonds is 4. The Hall–Kier alpha value is -1.56. The van der Waals surface area contributed by atoms with Crippen LogP contribution in [0.4, 0.5) is 5.69 Å². The van der Waals surface area contributed by atoms with Gasteiger partial charge in [-0.15, -0.1) is 0 Å². The van der Waals surface area contributed by atoms with Gasteiger partial charge in [-0.3, -0.25) is 9.48 Å². The van der Waals surface area contributed by atoms with Crippen molar-refractivity contribution in [3.63, 3.8) is 0 Å². The Labute approximate surface area is 126 Å². The number of nitrogens with zero attached hydrogens (tertiary/aromatic N) is 4. The van der Waals surface area contributed by atoms with E-state index in [9.17, 15) is 4.79 Å². The van der Waals surface area contributed by atoms with Gasteiger partial charge in [0.1, 0.15) is 5.69 Å². The number of anilines is 1. The molecule has 0 atom stereocenters. The van der Waals surface area contributed by atoms with Crippen molar-refractivity contribution in [3.8, 4) is 0 Å². The van der Waals surface area contributed by atoms with Crippen molar-refractivity contribution in [1.29, 1.82) is 0 Å². The summed E-state index contributed by atoms with van der Waals surface area (Å²) in [6.07, 6.45) is 2.12. The number of nitrogens with two attached hydrogens (primary N) is 1. The van der Waals surface area contributed by atoms with E-state index in [0.29, 0.717) is 23.8 Å².